The number of alkyl carbamates (subject to hydrolysis) is 1. The first-order chi connectivity index (χ1) is 15.6. The zero-order valence-corrected chi connectivity index (χ0v) is 19.3. The van der Waals surface area contributed by atoms with Gasteiger partial charge in [-0.3, -0.25) is 14.4 Å². The van der Waals surface area contributed by atoms with E-state index in [0.29, 0.717) is 18.4 Å². The largest absolute Gasteiger partial charge is 0.507 e. The van der Waals surface area contributed by atoms with Crippen LogP contribution in [0.25, 0.3) is 0 Å². The van der Waals surface area contributed by atoms with E-state index in [4.69, 9.17) is 9.47 Å². The molecule has 180 valence electrons. The molecule has 9 nitrogen and oxygen atoms in total. The van der Waals surface area contributed by atoms with Gasteiger partial charge in [-0.25, -0.2) is 9.59 Å². The Morgan fingerprint density at radius 2 is 1.82 bits per heavy atom. The Morgan fingerprint density at radius 1 is 1.12 bits per heavy atom. The van der Waals surface area contributed by atoms with Gasteiger partial charge in [-0.2, -0.15) is 0 Å². The summed E-state index contributed by atoms with van der Waals surface area (Å²) in [6, 6.07) is 3.09. The first-order valence-corrected chi connectivity index (χ1v) is 11.1. The molecule has 9 heteroatoms. The van der Waals surface area contributed by atoms with Crippen molar-refractivity contribution in [1.29, 1.82) is 0 Å². The molecule has 0 spiro atoms. The summed E-state index contributed by atoms with van der Waals surface area (Å²) in [5.41, 5.74) is 1.29. The predicted octanol–water partition coefficient (Wildman–Crippen LogP) is 2.69. The van der Waals surface area contributed by atoms with E-state index >= 15 is 0 Å². The number of amides is 1. The summed E-state index contributed by atoms with van der Waals surface area (Å²) in [5, 5.41) is 12.8. The second-order valence-corrected chi connectivity index (χ2v) is 8.24. The fourth-order valence-corrected chi connectivity index (χ4v) is 3.67. The van der Waals surface area contributed by atoms with Crippen LogP contribution in [0.15, 0.2) is 12.1 Å². The number of aryl methyl sites for hydroxylation is 1. The molecule has 1 aromatic rings. The minimum atomic E-state index is -0.994. The maximum Gasteiger partial charge on any atom is 0.406 e. The Labute approximate surface area is 192 Å². The van der Waals surface area contributed by atoms with Crippen molar-refractivity contribution in [1.82, 2.24) is 5.32 Å². The standard InChI is InChI=1S/C24H31NO8/c1-14-9-11-20(28)22(29)19(27)8-4-7-17-16(6-5-13-32-24(31)25-3)10-12-18(26)21(17)23(30)33-15(14)2/h10,12,14-15,26H,4-9,11,13H2,1-3H3,(H,25,31)/t14-,15+/m1/s1. The number of rotatable bonds is 4. The second-order valence-electron chi connectivity index (χ2n) is 8.24. The number of Topliss-reactive ketones (excluding diaryl/α,β-unsaturated/α-hetero) is 3. The number of cyclic esters (lactones) is 1. The molecule has 1 heterocycles. The van der Waals surface area contributed by atoms with Crippen LogP contribution in [0.5, 0.6) is 5.75 Å². The molecule has 0 saturated heterocycles. The summed E-state index contributed by atoms with van der Waals surface area (Å²) in [4.78, 5) is 60.6. The van der Waals surface area contributed by atoms with Crippen LogP contribution in [0.2, 0.25) is 0 Å². The summed E-state index contributed by atoms with van der Waals surface area (Å²) in [6.45, 7) is 3.62. The molecule has 2 rings (SSSR count). The van der Waals surface area contributed by atoms with E-state index in [-0.39, 0.29) is 55.9 Å². The third-order valence-electron chi connectivity index (χ3n) is 5.88. The maximum atomic E-state index is 13.0. The Hall–Kier alpha value is -3.23. The van der Waals surface area contributed by atoms with Crippen molar-refractivity contribution < 1.29 is 38.6 Å². The molecule has 2 atom stereocenters. The number of benzene rings is 1. The lowest BCUT2D eigenvalue weighted by Gasteiger charge is -2.22. The number of phenolic OH excluding ortho intramolecular Hbond substituents is 1. The number of carbonyl (C=O) groups is 5. The highest BCUT2D eigenvalue weighted by atomic mass is 16.5. The molecule has 0 unspecified atom stereocenters. The van der Waals surface area contributed by atoms with Crippen LogP contribution in [-0.2, 0) is 36.7 Å². The minimum absolute atomic E-state index is 0.0330. The average Bonchev–Trinajstić information content (AvgIpc) is 2.79. The number of hydrogen-bond acceptors (Lipinski definition) is 8. The molecule has 0 aromatic heterocycles. The van der Waals surface area contributed by atoms with Crippen LogP contribution >= 0.6 is 0 Å². The van der Waals surface area contributed by atoms with Crippen molar-refractivity contribution in [3.8, 4) is 5.75 Å². The van der Waals surface area contributed by atoms with Gasteiger partial charge < -0.3 is 19.9 Å². The topological polar surface area (TPSA) is 136 Å². The van der Waals surface area contributed by atoms with E-state index < -0.39 is 35.5 Å². The molecule has 1 amide bonds. The second kappa shape index (κ2) is 12.1. The normalized spacial score (nSPS) is 20.5. The van der Waals surface area contributed by atoms with Gasteiger partial charge in [0.1, 0.15) is 17.4 Å². The molecule has 0 fully saturated rings. The first-order valence-electron chi connectivity index (χ1n) is 11.1. The SMILES string of the molecule is CNC(=O)OCCCc1ccc(O)c2c1CCCC(=O)C(=O)C(=O)CC[C@@H](C)[C@H](C)OC2=O. The van der Waals surface area contributed by atoms with E-state index in [2.05, 4.69) is 5.32 Å². The van der Waals surface area contributed by atoms with Crippen LogP contribution in [0.3, 0.4) is 0 Å². The van der Waals surface area contributed by atoms with E-state index in [1.807, 2.05) is 0 Å². The summed E-state index contributed by atoms with van der Waals surface area (Å²) < 4.78 is 10.6. The molecule has 0 bridgehead atoms. The van der Waals surface area contributed by atoms with Crippen molar-refractivity contribution in [2.45, 2.75) is 64.9 Å². The third-order valence-corrected chi connectivity index (χ3v) is 5.88. The fraction of sp³-hybridized carbons (Fsp3) is 0.542. The number of phenols is 1. The first kappa shape index (κ1) is 26.0. The lowest BCUT2D eigenvalue weighted by atomic mass is 9.91. The number of hydrogen-bond donors (Lipinski definition) is 2. The van der Waals surface area contributed by atoms with Gasteiger partial charge in [0.05, 0.1) is 6.61 Å². The van der Waals surface area contributed by atoms with Gasteiger partial charge in [-0.1, -0.05) is 13.0 Å². The lowest BCUT2D eigenvalue weighted by molar-refractivity contribution is -0.144. The smallest absolute Gasteiger partial charge is 0.406 e. The molecular weight excluding hydrogens is 430 g/mol. The van der Waals surface area contributed by atoms with Crippen LogP contribution in [-0.4, -0.2) is 54.3 Å². The quantitative estimate of drug-likeness (QED) is 0.397. The molecular formula is C24H31NO8. The predicted molar refractivity (Wildman–Crippen MR) is 118 cm³/mol. The van der Waals surface area contributed by atoms with E-state index in [1.165, 1.54) is 13.1 Å². The summed E-state index contributed by atoms with van der Waals surface area (Å²) in [5.74, 6) is -3.62. The van der Waals surface area contributed by atoms with Crippen LogP contribution in [0, 0.1) is 5.92 Å². The Kier molecular flexibility index (Phi) is 9.57. The molecule has 0 saturated carbocycles. The highest BCUT2D eigenvalue weighted by Crippen LogP contribution is 2.29. The summed E-state index contributed by atoms with van der Waals surface area (Å²) in [7, 11) is 1.46. The molecule has 1 aliphatic rings. The van der Waals surface area contributed by atoms with Crippen LogP contribution < -0.4 is 5.32 Å². The van der Waals surface area contributed by atoms with Gasteiger partial charge in [-0.15, -0.1) is 0 Å². The van der Waals surface area contributed by atoms with Gasteiger partial charge in [0, 0.05) is 19.9 Å². The molecule has 1 aromatic carbocycles. The molecule has 2 N–H and O–H groups in total. The monoisotopic (exact) mass is 461 g/mol. The van der Waals surface area contributed by atoms with Crippen LogP contribution in [0.4, 0.5) is 4.79 Å². The number of aromatic hydroxyl groups is 1. The Bertz CT molecular complexity index is 923. The van der Waals surface area contributed by atoms with Gasteiger partial charge in [0.15, 0.2) is 0 Å². The highest BCUT2D eigenvalue weighted by molar-refractivity contribution is 6.63. The number of ether oxygens (including phenoxy) is 2. The van der Waals surface area contributed by atoms with Crippen molar-refractivity contribution in [2.24, 2.45) is 5.92 Å². The molecule has 0 aliphatic carbocycles. The minimum Gasteiger partial charge on any atom is -0.507 e. The summed E-state index contributed by atoms with van der Waals surface area (Å²) >= 11 is 0. The van der Waals surface area contributed by atoms with Crippen molar-refractivity contribution in [2.75, 3.05) is 13.7 Å². The Balaban J connectivity index is 2.34. The van der Waals surface area contributed by atoms with Gasteiger partial charge >= 0.3 is 12.1 Å². The molecule has 0 radical (unpaired) electrons. The van der Waals surface area contributed by atoms with Crippen molar-refractivity contribution in [3.05, 3.63) is 28.8 Å². The Morgan fingerprint density at radius 3 is 2.52 bits per heavy atom. The maximum absolute atomic E-state index is 13.0. The van der Waals surface area contributed by atoms with E-state index in [0.717, 1.165) is 5.56 Å². The van der Waals surface area contributed by atoms with E-state index in [1.54, 1.807) is 19.9 Å². The number of fused-ring (bicyclic) bond motifs is 1. The zero-order chi connectivity index (χ0) is 24.5. The number of esters is 1. The summed E-state index contributed by atoms with van der Waals surface area (Å²) in [6.07, 6.45) is 0.303. The van der Waals surface area contributed by atoms with Crippen molar-refractivity contribution in [3.63, 3.8) is 0 Å². The number of nitrogens with one attached hydrogen (secondary N) is 1. The van der Waals surface area contributed by atoms with Gasteiger partial charge in [0.2, 0.25) is 11.6 Å². The number of ketones is 3. The van der Waals surface area contributed by atoms with Crippen LogP contribution in [0.1, 0.15) is 67.4 Å². The molecule has 33 heavy (non-hydrogen) atoms. The van der Waals surface area contributed by atoms with Crippen molar-refractivity contribution >= 4 is 29.4 Å². The number of carbonyl (C=O) groups excluding carboxylic acids is 5. The van der Waals surface area contributed by atoms with Gasteiger partial charge in [0.25, 0.3) is 5.78 Å². The fourth-order valence-electron chi connectivity index (χ4n) is 3.67. The zero-order valence-electron chi connectivity index (χ0n) is 19.3. The molecule has 1 aliphatic heterocycles. The van der Waals surface area contributed by atoms with Gasteiger partial charge in [-0.05, 0) is 62.1 Å². The lowest BCUT2D eigenvalue weighted by Crippen LogP contribution is -2.28. The third kappa shape index (κ3) is 7.13. The van der Waals surface area contributed by atoms with E-state index in [9.17, 15) is 29.1 Å². The highest BCUT2D eigenvalue weighted by Gasteiger charge is 2.28. The average molecular weight is 462 g/mol.